The van der Waals surface area contributed by atoms with E-state index in [0.717, 1.165) is 16.8 Å². The number of aromatic nitrogens is 1. The van der Waals surface area contributed by atoms with E-state index in [0.29, 0.717) is 35.4 Å². The molecule has 1 saturated heterocycles. The minimum Gasteiger partial charge on any atom is -0.316 e. The number of aryl methyl sites for hydroxylation is 2. The van der Waals surface area contributed by atoms with Gasteiger partial charge in [-0.1, -0.05) is 29.0 Å². The summed E-state index contributed by atoms with van der Waals surface area (Å²) >= 11 is 2.88. The third kappa shape index (κ3) is 5.50. The van der Waals surface area contributed by atoms with E-state index in [4.69, 9.17) is 0 Å². The van der Waals surface area contributed by atoms with E-state index < -0.39 is 20.9 Å². The van der Waals surface area contributed by atoms with E-state index in [1.165, 1.54) is 27.8 Å². The van der Waals surface area contributed by atoms with E-state index in [-0.39, 0.29) is 23.0 Å². The molecule has 0 radical (unpaired) electrons. The number of benzene rings is 2. The fraction of sp³-hybridized carbons (Fsp3) is 0.391. The van der Waals surface area contributed by atoms with E-state index in [2.05, 4.69) is 4.99 Å². The standard InChI is InChI=1S/C23H26N4O5S3/c1-16-5-8-19(9-6-16)35(31,32)25-11-3-4-17(15-25)22(28)24-23-26(12-13-33-2)20-10-7-18(27(29)30)14-21(20)34-23/h5-10,14,17H,3-4,11-13,15H2,1-2H3. The second-order valence-electron chi connectivity index (χ2n) is 8.40. The predicted molar refractivity (Wildman–Crippen MR) is 138 cm³/mol. The average molecular weight is 535 g/mol. The molecule has 1 aliphatic heterocycles. The number of hydrogen-bond donors (Lipinski definition) is 0. The molecule has 12 heteroatoms. The molecule has 9 nitrogen and oxygen atoms in total. The van der Waals surface area contributed by atoms with Gasteiger partial charge in [0.2, 0.25) is 10.0 Å². The number of hydrogen-bond acceptors (Lipinski definition) is 7. The molecule has 1 amide bonds. The van der Waals surface area contributed by atoms with Crippen molar-refractivity contribution < 1.29 is 18.1 Å². The Morgan fingerprint density at radius 3 is 2.69 bits per heavy atom. The number of thiazole rings is 1. The Morgan fingerprint density at radius 2 is 2.00 bits per heavy atom. The lowest BCUT2D eigenvalue weighted by molar-refractivity contribution is -0.384. The van der Waals surface area contributed by atoms with Gasteiger partial charge in [0.15, 0.2) is 4.80 Å². The van der Waals surface area contributed by atoms with Crippen molar-refractivity contribution in [2.24, 2.45) is 10.9 Å². The van der Waals surface area contributed by atoms with Crippen molar-refractivity contribution in [2.45, 2.75) is 31.2 Å². The lowest BCUT2D eigenvalue weighted by Crippen LogP contribution is -2.42. The van der Waals surface area contributed by atoms with Gasteiger partial charge in [-0.15, -0.1) is 0 Å². The Morgan fingerprint density at radius 1 is 1.26 bits per heavy atom. The highest BCUT2D eigenvalue weighted by Crippen LogP contribution is 2.26. The molecule has 2 aromatic carbocycles. The molecule has 0 N–H and O–H groups in total. The van der Waals surface area contributed by atoms with Crippen molar-refractivity contribution in [3.8, 4) is 0 Å². The molecule has 0 aliphatic carbocycles. The molecule has 1 atom stereocenters. The molecule has 35 heavy (non-hydrogen) atoms. The number of amides is 1. The van der Waals surface area contributed by atoms with Crippen molar-refractivity contribution in [2.75, 3.05) is 25.1 Å². The van der Waals surface area contributed by atoms with Crippen molar-refractivity contribution in [3.05, 3.63) is 62.9 Å². The van der Waals surface area contributed by atoms with Crippen molar-refractivity contribution in [3.63, 3.8) is 0 Å². The number of sulfonamides is 1. The first kappa shape index (κ1) is 25.5. The van der Waals surface area contributed by atoms with Gasteiger partial charge in [-0.2, -0.15) is 21.1 Å². The van der Waals surface area contributed by atoms with Gasteiger partial charge in [-0.3, -0.25) is 14.9 Å². The summed E-state index contributed by atoms with van der Waals surface area (Å²) in [6, 6.07) is 11.3. The first-order valence-corrected chi connectivity index (χ1v) is 14.8. The number of non-ortho nitro benzene ring substituents is 1. The molecule has 0 saturated carbocycles. The second kappa shape index (κ2) is 10.6. The van der Waals surface area contributed by atoms with E-state index >= 15 is 0 Å². The van der Waals surface area contributed by atoms with Crippen molar-refractivity contribution in [1.29, 1.82) is 0 Å². The maximum Gasteiger partial charge on any atom is 0.270 e. The van der Waals surface area contributed by atoms with Gasteiger partial charge in [0.05, 0.1) is 26.0 Å². The number of fused-ring (bicyclic) bond motifs is 1. The molecule has 0 spiro atoms. The number of nitro benzene ring substituents is 1. The van der Waals surface area contributed by atoms with Crippen molar-refractivity contribution >= 4 is 54.9 Å². The highest BCUT2D eigenvalue weighted by molar-refractivity contribution is 7.98. The molecule has 0 bridgehead atoms. The van der Waals surface area contributed by atoms with Crippen LogP contribution in [0, 0.1) is 23.0 Å². The quantitative estimate of drug-likeness (QED) is 0.336. The number of carbonyl (C=O) groups is 1. The van der Waals surface area contributed by atoms with Crippen LogP contribution in [0.3, 0.4) is 0 Å². The summed E-state index contributed by atoms with van der Waals surface area (Å²) in [6.07, 6.45) is 3.11. The summed E-state index contributed by atoms with van der Waals surface area (Å²) in [5, 5.41) is 11.2. The van der Waals surface area contributed by atoms with E-state index in [1.807, 2.05) is 17.7 Å². The van der Waals surface area contributed by atoms with Crippen LogP contribution in [-0.2, 0) is 21.4 Å². The summed E-state index contributed by atoms with van der Waals surface area (Å²) in [5.41, 5.74) is 1.74. The van der Waals surface area contributed by atoms with Crippen molar-refractivity contribution in [1.82, 2.24) is 8.87 Å². The van der Waals surface area contributed by atoms with Crippen LogP contribution in [0.5, 0.6) is 0 Å². The van der Waals surface area contributed by atoms with Gasteiger partial charge in [0, 0.05) is 37.5 Å². The number of nitro groups is 1. The monoisotopic (exact) mass is 534 g/mol. The van der Waals surface area contributed by atoms with Crippen LogP contribution in [0.1, 0.15) is 18.4 Å². The number of carbonyl (C=O) groups excluding carboxylic acids is 1. The van der Waals surface area contributed by atoms with E-state index in [9.17, 15) is 23.3 Å². The third-order valence-electron chi connectivity index (χ3n) is 5.99. The highest BCUT2D eigenvalue weighted by atomic mass is 32.2. The summed E-state index contributed by atoms with van der Waals surface area (Å²) in [7, 11) is -3.70. The lowest BCUT2D eigenvalue weighted by atomic mass is 9.99. The Labute approximate surface area is 211 Å². The third-order valence-corrected chi connectivity index (χ3v) is 9.51. The minimum atomic E-state index is -3.70. The first-order valence-electron chi connectivity index (χ1n) is 11.1. The fourth-order valence-electron chi connectivity index (χ4n) is 4.07. The number of piperidine rings is 1. The Bertz CT molecular complexity index is 1430. The zero-order valence-electron chi connectivity index (χ0n) is 19.4. The molecule has 4 rings (SSSR count). The first-order chi connectivity index (χ1) is 16.7. The van der Waals surface area contributed by atoms with Gasteiger partial charge < -0.3 is 4.57 Å². The molecule has 186 valence electrons. The summed E-state index contributed by atoms with van der Waals surface area (Å²) < 4.78 is 30.2. The number of rotatable bonds is 7. The van der Waals surface area contributed by atoms with E-state index in [1.54, 1.807) is 42.1 Å². The van der Waals surface area contributed by atoms with Crippen LogP contribution in [0.2, 0.25) is 0 Å². The second-order valence-corrected chi connectivity index (χ2v) is 12.3. The Balaban J connectivity index is 1.64. The van der Waals surface area contributed by atoms with Crippen LogP contribution >= 0.6 is 23.1 Å². The van der Waals surface area contributed by atoms with Crippen LogP contribution < -0.4 is 4.80 Å². The Hall–Kier alpha value is -2.54. The SMILES string of the molecule is CSCCn1c(=NC(=O)C2CCCN(S(=O)(=O)c3ccc(C)cc3)C2)sc2cc([N+](=O)[O-])ccc21. The van der Waals surface area contributed by atoms with Crippen LogP contribution in [0.25, 0.3) is 10.2 Å². The van der Waals surface area contributed by atoms with Crippen LogP contribution in [0.4, 0.5) is 5.69 Å². The molecular weight excluding hydrogens is 508 g/mol. The highest BCUT2D eigenvalue weighted by Gasteiger charge is 2.33. The molecular formula is C23H26N4O5S3. The number of nitrogens with zero attached hydrogens (tertiary/aromatic N) is 4. The molecule has 1 aliphatic rings. The molecule has 1 unspecified atom stereocenters. The zero-order chi connectivity index (χ0) is 25.2. The summed E-state index contributed by atoms with van der Waals surface area (Å²) in [6.45, 7) is 2.94. The summed E-state index contributed by atoms with van der Waals surface area (Å²) in [4.78, 5) is 29.0. The van der Waals surface area contributed by atoms with Gasteiger partial charge in [-0.25, -0.2) is 8.42 Å². The van der Waals surface area contributed by atoms with Gasteiger partial charge >= 0.3 is 0 Å². The van der Waals surface area contributed by atoms with Crippen LogP contribution in [0.15, 0.2) is 52.4 Å². The smallest absolute Gasteiger partial charge is 0.270 e. The van der Waals surface area contributed by atoms with Gasteiger partial charge in [0.25, 0.3) is 11.6 Å². The van der Waals surface area contributed by atoms with Gasteiger partial charge in [-0.05, 0) is 44.2 Å². The molecule has 3 aromatic rings. The number of thioether (sulfide) groups is 1. The maximum absolute atomic E-state index is 13.2. The normalized spacial score (nSPS) is 17.7. The average Bonchev–Trinajstić information content (AvgIpc) is 3.18. The zero-order valence-corrected chi connectivity index (χ0v) is 21.9. The lowest BCUT2D eigenvalue weighted by Gasteiger charge is -2.30. The molecule has 2 heterocycles. The molecule has 1 fully saturated rings. The van der Waals surface area contributed by atoms with Crippen LogP contribution in [-0.4, -0.2) is 53.2 Å². The topological polar surface area (TPSA) is 115 Å². The predicted octanol–water partition coefficient (Wildman–Crippen LogP) is 3.81. The van der Waals surface area contributed by atoms with Gasteiger partial charge in [0.1, 0.15) is 0 Å². The summed E-state index contributed by atoms with van der Waals surface area (Å²) in [5.74, 6) is -0.124. The Kier molecular flexibility index (Phi) is 7.74. The molecule has 1 aromatic heterocycles. The largest absolute Gasteiger partial charge is 0.316 e. The minimum absolute atomic E-state index is 0.0159. The maximum atomic E-state index is 13.2. The fourth-order valence-corrected chi connectivity index (χ4v) is 7.05.